The Morgan fingerprint density at radius 2 is 1.92 bits per heavy atom. The average Bonchev–Trinajstić information content (AvgIpc) is 3.11. The normalized spacial score (nSPS) is 27.2. The number of aryl methyl sites for hydroxylation is 1. The summed E-state index contributed by atoms with van der Waals surface area (Å²) in [5.41, 5.74) is 4.59. The van der Waals surface area contributed by atoms with E-state index < -0.39 is 29.5 Å². The van der Waals surface area contributed by atoms with E-state index in [1.807, 2.05) is 0 Å². The van der Waals surface area contributed by atoms with Gasteiger partial charge in [-0.2, -0.15) is 5.06 Å². The summed E-state index contributed by atoms with van der Waals surface area (Å²) in [6.45, 7) is 7.40. The summed E-state index contributed by atoms with van der Waals surface area (Å²) in [5, 5.41) is 1.48. The number of carbonyl (C=O) groups excluding carboxylic acids is 3. The van der Waals surface area contributed by atoms with E-state index in [0.717, 1.165) is 0 Å². The molecule has 8 heteroatoms. The van der Waals surface area contributed by atoms with Crippen molar-refractivity contribution in [2.45, 2.75) is 51.8 Å². The minimum atomic E-state index is -0.907. The molecule has 2 aliphatic rings. The fraction of sp³-hybridized carbons (Fsp3) is 0.588. The molecule has 3 heterocycles. The molecule has 3 unspecified atom stereocenters. The summed E-state index contributed by atoms with van der Waals surface area (Å²) in [5.74, 6) is -0.612. The van der Waals surface area contributed by atoms with E-state index >= 15 is 0 Å². The highest BCUT2D eigenvalue weighted by molar-refractivity contribution is 6.08. The second-order valence-electron chi connectivity index (χ2n) is 7.48. The third-order valence-electron chi connectivity index (χ3n) is 4.50. The van der Waals surface area contributed by atoms with Crippen LogP contribution < -0.4 is 5.73 Å². The van der Waals surface area contributed by atoms with Crippen LogP contribution in [0.2, 0.25) is 0 Å². The van der Waals surface area contributed by atoms with Crippen LogP contribution in [-0.4, -0.2) is 45.9 Å². The van der Waals surface area contributed by atoms with Crippen LogP contribution in [-0.2, 0) is 19.2 Å². The second kappa shape index (κ2) is 5.96. The topological polar surface area (TPSA) is 106 Å². The summed E-state index contributed by atoms with van der Waals surface area (Å²) in [7, 11) is 0. The summed E-state index contributed by atoms with van der Waals surface area (Å²) in [4.78, 5) is 43.9. The average molecular weight is 349 g/mol. The van der Waals surface area contributed by atoms with Gasteiger partial charge in [-0.1, -0.05) is 0 Å². The summed E-state index contributed by atoms with van der Waals surface area (Å²) in [6.07, 6.45) is -0.851. The smallest absolute Gasteiger partial charge is 0.261 e. The number of carbonyl (C=O) groups is 3. The largest absolute Gasteiger partial charge is 0.465 e. The van der Waals surface area contributed by atoms with Crippen molar-refractivity contribution in [1.29, 1.82) is 0 Å². The predicted molar refractivity (Wildman–Crippen MR) is 86.7 cm³/mol. The fourth-order valence-corrected chi connectivity index (χ4v) is 3.47. The minimum Gasteiger partial charge on any atom is -0.465 e. The molecule has 3 atom stereocenters. The molecule has 3 rings (SSSR count). The van der Waals surface area contributed by atoms with Gasteiger partial charge in [0, 0.05) is 18.5 Å². The third kappa shape index (κ3) is 2.96. The highest BCUT2D eigenvalue weighted by Gasteiger charge is 2.62. The molecule has 0 spiro atoms. The zero-order valence-electron chi connectivity index (χ0n) is 14.8. The molecule has 136 valence electrons. The number of imide groups is 1. The Morgan fingerprint density at radius 1 is 1.24 bits per heavy atom. The van der Waals surface area contributed by atoms with Crippen LogP contribution in [0.4, 0.5) is 0 Å². The van der Waals surface area contributed by atoms with Crippen LogP contribution >= 0.6 is 0 Å². The molecule has 2 fully saturated rings. The van der Waals surface area contributed by atoms with Gasteiger partial charge >= 0.3 is 0 Å². The number of rotatable bonds is 4. The van der Waals surface area contributed by atoms with E-state index in [1.165, 1.54) is 9.96 Å². The van der Waals surface area contributed by atoms with E-state index in [-0.39, 0.29) is 24.8 Å². The van der Waals surface area contributed by atoms with Gasteiger partial charge in [0.25, 0.3) is 5.91 Å². The Hall–Kier alpha value is -2.19. The van der Waals surface area contributed by atoms with Gasteiger partial charge in [-0.15, -0.1) is 0 Å². The van der Waals surface area contributed by atoms with Crippen molar-refractivity contribution in [1.82, 2.24) is 9.96 Å². The number of likely N-dealkylation sites (tertiary alicyclic amines) is 1. The highest BCUT2D eigenvalue weighted by Crippen LogP contribution is 2.46. The molecule has 1 aromatic heterocycles. The Labute approximate surface area is 145 Å². The van der Waals surface area contributed by atoms with Gasteiger partial charge in [0.1, 0.15) is 23.5 Å². The molecular formula is C17H23N3O5. The van der Waals surface area contributed by atoms with Crippen molar-refractivity contribution in [2.24, 2.45) is 11.7 Å². The second-order valence-corrected chi connectivity index (χ2v) is 7.48. The van der Waals surface area contributed by atoms with E-state index in [1.54, 1.807) is 39.8 Å². The zero-order chi connectivity index (χ0) is 18.5. The lowest BCUT2D eigenvalue weighted by Crippen LogP contribution is -2.48. The first-order chi connectivity index (χ1) is 11.6. The number of furan rings is 1. The summed E-state index contributed by atoms with van der Waals surface area (Å²) in [6, 6.07) is 2.99. The molecule has 3 amide bonds. The SMILES string of the molecule is Cc1ccc(C2C3C(=O)N(C(C)(C)C)C(=O)C3ON2CCC(N)=O)o1. The maximum Gasteiger partial charge on any atom is 0.261 e. The lowest BCUT2D eigenvalue weighted by Gasteiger charge is -2.32. The van der Waals surface area contributed by atoms with E-state index in [2.05, 4.69) is 0 Å². The Kier molecular flexibility index (Phi) is 4.20. The van der Waals surface area contributed by atoms with Gasteiger partial charge in [-0.3, -0.25) is 24.1 Å². The number of primary amides is 1. The Morgan fingerprint density at radius 3 is 2.44 bits per heavy atom. The Balaban J connectivity index is 1.96. The number of hydrogen-bond acceptors (Lipinski definition) is 6. The molecule has 0 saturated carbocycles. The molecule has 2 N–H and O–H groups in total. The molecule has 8 nitrogen and oxygen atoms in total. The molecule has 0 aromatic carbocycles. The fourth-order valence-electron chi connectivity index (χ4n) is 3.47. The molecule has 25 heavy (non-hydrogen) atoms. The quantitative estimate of drug-likeness (QED) is 0.810. The molecule has 0 bridgehead atoms. The number of hydrogen-bond donors (Lipinski definition) is 1. The van der Waals surface area contributed by atoms with E-state index in [4.69, 9.17) is 15.0 Å². The minimum absolute atomic E-state index is 0.0565. The van der Waals surface area contributed by atoms with Gasteiger partial charge in [-0.25, -0.2) is 0 Å². The highest BCUT2D eigenvalue weighted by atomic mass is 16.7. The molecule has 0 radical (unpaired) electrons. The first-order valence-corrected chi connectivity index (χ1v) is 8.27. The van der Waals surface area contributed by atoms with Crippen LogP contribution in [0, 0.1) is 12.8 Å². The molecule has 1 aromatic rings. The first kappa shape index (κ1) is 17.6. The van der Waals surface area contributed by atoms with Crippen molar-refractivity contribution in [3.05, 3.63) is 23.7 Å². The standard InChI is InChI=1S/C17H23N3O5/c1-9-5-6-10(24-9)13-12-14(25-19(13)8-7-11(18)21)16(23)20(15(12)22)17(2,3)4/h5-6,12-14H,7-8H2,1-4H3,(H2,18,21). The van der Waals surface area contributed by atoms with Gasteiger partial charge in [-0.05, 0) is 39.8 Å². The summed E-state index contributed by atoms with van der Waals surface area (Å²) < 4.78 is 5.70. The van der Waals surface area contributed by atoms with Gasteiger partial charge < -0.3 is 10.2 Å². The first-order valence-electron chi connectivity index (χ1n) is 8.27. The lowest BCUT2D eigenvalue weighted by atomic mass is 9.94. The van der Waals surface area contributed by atoms with Crippen LogP contribution in [0.5, 0.6) is 0 Å². The maximum absolute atomic E-state index is 13.0. The number of hydroxylamine groups is 2. The van der Waals surface area contributed by atoms with Crippen LogP contribution in [0.25, 0.3) is 0 Å². The molecule has 2 saturated heterocycles. The van der Waals surface area contributed by atoms with Gasteiger partial charge in [0.05, 0.1) is 0 Å². The predicted octanol–water partition coefficient (Wildman–Crippen LogP) is 0.904. The maximum atomic E-state index is 13.0. The molecule has 0 aliphatic carbocycles. The van der Waals surface area contributed by atoms with Crippen molar-refractivity contribution in [3.63, 3.8) is 0 Å². The van der Waals surface area contributed by atoms with E-state index in [0.29, 0.717) is 11.5 Å². The lowest BCUT2D eigenvalue weighted by molar-refractivity contribution is -0.184. The van der Waals surface area contributed by atoms with Crippen LogP contribution in [0.3, 0.4) is 0 Å². The van der Waals surface area contributed by atoms with Crippen molar-refractivity contribution in [2.75, 3.05) is 6.54 Å². The van der Waals surface area contributed by atoms with Gasteiger partial charge in [0.15, 0.2) is 6.10 Å². The monoisotopic (exact) mass is 349 g/mol. The number of nitrogens with two attached hydrogens (primary N) is 1. The zero-order valence-corrected chi connectivity index (χ0v) is 14.8. The van der Waals surface area contributed by atoms with Gasteiger partial charge in [0.2, 0.25) is 11.8 Å². The number of amides is 3. The van der Waals surface area contributed by atoms with Crippen LogP contribution in [0.1, 0.15) is 44.8 Å². The van der Waals surface area contributed by atoms with Crippen molar-refractivity contribution >= 4 is 17.7 Å². The van der Waals surface area contributed by atoms with Crippen LogP contribution in [0.15, 0.2) is 16.5 Å². The van der Waals surface area contributed by atoms with Crippen molar-refractivity contribution < 1.29 is 23.6 Å². The summed E-state index contributed by atoms with van der Waals surface area (Å²) >= 11 is 0. The van der Waals surface area contributed by atoms with E-state index in [9.17, 15) is 14.4 Å². The van der Waals surface area contributed by atoms with Crippen molar-refractivity contribution in [3.8, 4) is 0 Å². The molecular weight excluding hydrogens is 326 g/mol. The molecule has 2 aliphatic heterocycles. The number of fused-ring (bicyclic) bond motifs is 1. The Bertz CT molecular complexity index is 720. The third-order valence-corrected chi connectivity index (χ3v) is 4.50. The number of nitrogens with zero attached hydrogens (tertiary/aromatic N) is 2.